The van der Waals surface area contributed by atoms with E-state index < -0.39 is 0 Å². The Hall–Kier alpha value is -7.02. The zero-order chi connectivity index (χ0) is 37.6. The van der Waals surface area contributed by atoms with Gasteiger partial charge in [0.05, 0.1) is 0 Å². The predicted octanol–water partition coefficient (Wildman–Crippen LogP) is 16.0. The lowest BCUT2D eigenvalue weighted by molar-refractivity contribution is 1.00. The summed E-state index contributed by atoms with van der Waals surface area (Å²) in [7, 11) is 0. The maximum absolute atomic E-state index is 2.53. The van der Waals surface area contributed by atoms with Crippen LogP contribution in [0.1, 0.15) is 23.1 Å². The van der Waals surface area contributed by atoms with Crippen molar-refractivity contribution >= 4 is 81.5 Å². The van der Waals surface area contributed by atoms with Gasteiger partial charge in [0.1, 0.15) is 0 Å². The Balaban J connectivity index is 1.21. The monoisotopic (exact) mass is 722 g/mol. The maximum atomic E-state index is 2.53. The Morgan fingerprint density at radius 1 is 0.333 bits per heavy atom. The van der Waals surface area contributed by atoms with Crippen LogP contribution in [0.3, 0.4) is 0 Å². The molecule has 0 bridgehead atoms. The van der Waals surface area contributed by atoms with E-state index in [0.717, 1.165) is 12.8 Å². The van der Waals surface area contributed by atoms with Crippen molar-refractivity contribution in [2.75, 3.05) is 0 Å². The van der Waals surface area contributed by atoms with Crippen LogP contribution in [-0.4, -0.2) is 0 Å². The minimum Gasteiger partial charge on any atom is -0.0836 e. The van der Waals surface area contributed by atoms with Gasteiger partial charge in [-0.15, -0.1) is 0 Å². The van der Waals surface area contributed by atoms with Crippen molar-refractivity contribution < 1.29 is 0 Å². The predicted molar refractivity (Wildman–Crippen MR) is 247 cm³/mol. The molecule has 0 N–H and O–H groups in total. The molecule has 0 spiro atoms. The normalized spacial score (nSPS) is 12.8. The third-order valence-corrected chi connectivity index (χ3v) is 12.7. The Morgan fingerprint density at radius 3 is 1.35 bits per heavy atom. The second-order valence-electron chi connectivity index (χ2n) is 15.9. The molecule has 0 unspecified atom stereocenters. The average molecular weight is 723 g/mol. The summed E-state index contributed by atoms with van der Waals surface area (Å²) in [4.78, 5) is 0. The molecular weight excluding hydrogens is 685 g/mol. The molecule has 0 fully saturated rings. The molecule has 12 rings (SSSR count). The van der Waals surface area contributed by atoms with E-state index in [1.54, 1.807) is 0 Å². The molecule has 0 saturated carbocycles. The molecule has 0 aromatic heterocycles. The number of benzene rings is 11. The highest BCUT2D eigenvalue weighted by molar-refractivity contribution is 6.33. The molecule has 57 heavy (non-hydrogen) atoms. The Bertz CT molecular complexity index is 3510. The van der Waals surface area contributed by atoms with Gasteiger partial charge in [0.2, 0.25) is 0 Å². The number of hydrogen-bond donors (Lipinski definition) is 0. The second kappa shape index (κ2) is 12.5. The first-order chi connectivity index (χ1) is 28.2. The molecule has 0 saturated heterocycles. The van der Waals surface area contributed by atoms with Gasteiger partial charge in [-0.05, 0) is 170 Å². The van der Waals surface area contributed by atoms with Gasteiger partial charge in [0.25, 0.3) is 0 Å². The summed E-state index contributed by atoms with van der Waals surface area (Å²) in [6, 6.07) is 66.4. The van der Waals surface area contributed by atoms with Gasteiger partial charge in [0, 0.05) is 0 Å². The number of hydrogen-bond acceptors (Lipinski definition) is 0. The summed E-state index contributed by atoms with van der Waals surface area (Å²) in [5.41, 5.74) is 11.6. The zero-order valence-corrected chi connectivity index (χ0v) is 31.8. The van der Waals surface area contributed by atoms with Crippen LogP contribution in [-0.2, 0) is 6.42 Å². The van der Waals surface area contributed by atoms with E-state index in [9.17, 15) is 0 Å². The zero-order valence-electron chi connectivity index (χ0n) is 31.8. The van der Waals surface area contributed by atoms with Gasteiger partial charge in [-0.1, -0.05) is 163 Å². The molecule has 1 aliphatic rings. The first-order valence-corrected chi connectivity index (χ1v) is 20.2. The van der Waals surface area contributed by atoms with Gasteiger partial charge in [-0.3, -0.25) is 0 Å². The highest BCUT2D eigenvalue weighted by atomic mass is 14.2. The first kappa shape index (κ1) is 32.2. The summed E-state index contributed by atoms with van der Waals surface area (Å²) in [6.07, 6.45) is 6.82. The Kier molecular flexibility index (Phi) is 7.07. The van der Waals surface area contributed by atoms with Gasteiger partial charge in [0.15, 0.2) is 0 Å². The minimum atomic E-state index is 1.05. The molecule has 0 aliphatic heterocycles. The topological polar surface area (TPSA) is 0 Å². The lowest BCUT2D eigenvalue weighted by atomic mass is 9.82. The molecule has 11 aromatic rings. The molecule has 0 atom stereocenters. The summed E-state index contributed by atoms with van der Waals surface area (Å²) >= 11 is 0. The van der Waals surface area contributed by atoms with Crippen molar-refractivity contribution in [1.82, 2.24) is 0 Å². The smallest absolute Gasteiger partial charge is 0.00199 e. The van der Waals surface area contributed by atoms with Gasteiger partial charge in [-0.2, -0.15) is 0 Å². The van der Waals surface area contributed by atoms with Crippen LogP contribution in [0.4, 0.5) is 0 Å². The summed E-state index contributed by atoms with van der Waals surface area (Å²) < 4.78 is 0. The largest absolute Gasteiger partial charge is 0.0836 e. The molecule has 0 heterocycles. The Morgan fingerprint density at radius 2 is 0.754 bits per heavy atom. The minimum absolute atomic E-state index is 1.05. The fourth-order valence-electron chi connectivity index (χ4n) is 10.1. The van der Waals surface area contributed by atoms with Crippen LogP contribution in [0.15, 0.2) is 182 Å². The van der Waals surface area contributed by atoms with Crippen molar-refractivity contribution in [2.24, 2.45) is 0 Å². The number of rotatable bonds is 3. The highest BCUT2D eigenvalue weighted by Gasteiger charge is 2.21. The molecule has 0 nitrogen and oxygen atoms in total. The van der Waals surface area contributed by atoms with E-state index in [-0.39, 0.29) is 0 Å². The van der Waals surface area contributed by atoms with Crippen molar-refractivity contribution in [3.63, 3.8) is 0 Å². The van der Waals surface area contributed by atoms with E-state index in [1.165, 1.54) is 125 Å². The van der Waals surface area contributed by atoms with E-state index in [2.05, 4.69) is 195 Å². The van der Waals surface area contributed by atoms with E-state index in [1.807, 2.05) is 0 Å². The van der Waals surface area contributed by atoms with Crippen LogP contribution < -0.4 is 0 Å². The third-order valence-electron chi connectivity index (χ3n) is 12.7. The lowest BCUT2D eigenvalue weighted by Crippen LogP contribution is -1.99. The van der Waals surface area contributed by atoms with E-state index >= 15 is 0 Å². The van der Waals surface area contributed by atoms with E-state index in [0.29, 0.717) is 0 Å². The van der Waals surface area contributed by atoms with Crippen molar-refractivity contribution in [3.05, 3.63) is 199 Å². The molecule has 0 radical (unpaired) electrons. The fourth-order valence-corrected chi connectivity index (χ4v) is 10.1. The van der Waals surface area contributed by atoms with Crippen LogP contribution in [0.2, 0.25) is 0 Å². The number of fused-ring (bicyclic) bond motifs is 16. The van der Waals surface area contributed by atoms with Gasteiger partial charge < -0.3 is 0 Å². The SMILES string of the molecule is Cc1ccc(-c2cc(-c3cc4c5c(c6ccccc6c4c4ccccc34)C=CCC5)cc(-c3cc4c5ccccc5c5ccccc5c4c4ccccc34)c2)cc1. The summed E-state index contributed by atoms with van der Waals surface area (Å²) in [5, 5.41) is 18.4. The van der Waals surface area contributed by atoms with Crippen LogP contribution in [0.5, 0.6) is 0 Å². The fraction of sp³-hybridized carbons (Fsp3) is 0.0526. The van der Waals surface area contributed by atoms with Crippen molar-refractivity contribution in [3.8, 4) is 33.4 Å². The van der Waals surface area contributed by atoms with Gasteiger partial charge >= 0.3 is 0 Å². The highest BCUT2D eigenvalue weighted by Crippen LogP contribution is 2.47. The number of allylic oxidation sites excluding steroid dienone is 1. The quantitative estimate of drug-likeness (QED) is 0.159. The number of aryl methyl sites for hydroxylation is 2. The first-order valence-electron chi connectivity index (χ1n) is 20.2. The van der Waals surface area contributed by atoms with Crippen molar-refractivity contribution in [1.29, 1.82) is 0 Å². The van der Waals surface area contributed by atoms with Crippen molar-refractivity contribution in [2.45, 2.75) is 19.8 Å². The van der Waals surface area contributed by atoms with E-state index in [4.69, 9.17) is 0 Å². The lowest BCUT2D eigenvalue weighted by Gasteiger charge is -2.21. The molecule has 11 aromatic carbocycles. The second-order valence-corrected chi connectivity index (χ2v) is 15.9. The summed E-state index contributed by atoms with van der Waals surface area (Å²) in [6.45, 7) is 2.17. The molecule has 0 heteroatoms. The average Bonchev–Trinajstić information content (AvgIpc) is 3.28. The molecule has 0 amide bonds. The van der Waals surface area contributed by atoms with Gasteiger partial charge in [-0.25, -0.2) is 0 Å². The van der Waals surface area contributed by atoms with Crippen LogP contribution in [0.25, 0.3) is 115 Å². The molecular formula is C57H38. The molecule has 266 valence electrons. The van der Waals surface area contributed by atoms with Crippen LogP contribution in [0, 0.1) is 6.92 Å². The maximum Gasteiger partial charge on any atom is -0.00199 e. The third kappa shape index (κ3) is 4.87. The Labute approximate surface area is 332 Å². The van der Waals surface area contributed by atoms with Crippen LogP contribution >= 0.6 is 0 Å². The summed E-state index contributed by atoms with van der Waals surface area (Å²) in [5.74, 6) is 0. The standard InChI is InChI=1S/C57H38/c1-35-26-28-36(29-27-35)37-30-38(52-33-54-44-18-4-2-14-40(44)42-16-6-10-22-48(42)56(54)50-24-12-8-20-46(50)52)32-39(31-37)53-34-55-45-19-5-3-15-41(45)43-17-7-11-23-49(43)57(55)51-25-13-9-21-47(51)53/h2-4,6-18,20-34H,5,19H2,1H3. The molecule has 1 aliphatic carbocycles.